The van der Waals surface area contributed by atoms with Crippen molar-refractivity contribution in [2.75, 3.05) is 0 Å². The maximum Gasteiger partial charge on any atom is 0.184 e. The molecule has 0 bridgehead atoms. The highest BCUT2D eigenvalue weighted by molar-refractivity contribution is 5.99. The molecule has 80 heavy (non-hydrogen) atoms. The van der Waals surface area contributed by atoms with Gasteiger partial charge in [-0.25, -0.2) is 0 Å². The van der Waals surface area contributed by atoms with Crippen molar-refractivity contribution in [1.82, 2.24) is 0 Å². The highest BCUT2D eigenvalue weighted by Crippen LogP contribution is 2.33. The zero-order valence-corrected chi connectivity index (χ0v) is 52.1. The summed E-state index contributed by atoms with van der Waals surface area (Å²) in [6, 6.07) is 0. The largest absolute Gasteiger partial charge is 0.387 e. The van der Waals surface area contributed by atoms with Crippen LogP contribution in [0.5, 0.6) is 0 Å². The predicted octanol–water partition coefficient (Wildman–Crippen LogP) is 18.1. The van der Waals surface area contributed by atoms with E-state index in [2.05, 4.69) is 0 Å². The van der Waals surface area contributed by atoms with Crippen LogP contribution >= 0.6 is 0 Å². The Labute approximate surface area is 499 Å². The Bertz CT molecular complexity index is 1400. The van der Waals surface area contributed by atoms with Crippen molar-refractivity contribution in [2.45, 2.75) is 423 Å². The number of Topliss-reactive ketones (excluding diaryl/α,β-unsaturated/α-hetero) is 4. The highest BCUT2D eigenvalue weighted by Gasteiger charge is 2.62. The lowest BCUT2D eigenvalue weighted by molar-refractivity contribution is -0.225. The molecule has 0 aromatic carbocycles. The summed E-state index contributed by atoms with van der Waals surface area (Å²) >= 11 is 0. The first-order valence-electron chi connectivity index (χ1n) is 37.1. The SMILES string of the molecule is [2H]CCCCCCCCCCCCCCCC(=O)C(O)[C@](O)(C(=O)CCCCCCCCCCCCCCC[2H])[C@@H](O)[C@H](O)[C@@](O)(C(=O)CCCCCCCCCCCCCCC[2H])C(O)C(=O)CCCCCCCCCCCCCCC[2H]. The Morgan fingerprint density at radius 1 is 0.263 bits per heavy atom. The average molecular weight is 1140 g/mol. The molecule has 10 nitrogen and oxygen atoms in total. The molecule has 0 radical (unpaired) electrons. The number of aliphatic hydroxyl groups excluding tert-OH is 4. The van der Waals surface area contributed by atoms with E-state index in [9.17, 15) is 49.8 Å². The fourth-order valence-electron chi connectivity index (χ4n) is 11.6. The maximum absolute atomic E-state index is 14.3. The van der Waals surface area contributed by atoms with Gasteiger partial charge in [0, 0.05) is 31.2 Å². The van der Waals surface area contributed by atoms with E-state index in [0.717, 1.165) is 180 Å². The first-order chi connectivity index (χ1) is 40.8. The molecule has 0 heterocycles. The van der Waals surface area contributed by atoms with E-state index in [4.69, 9.17) is 5.48 Å². The van der Waals surface area contributed by atoms with Gasteiger partial charge in [0.15, 0.2) is 46.5 Å². The molecule has 0 aliphatic rings. The van der Waals surface area contributed by atoms with Crippen molar-refractivity contribution in [3.8, 4) is 0 Å². The maximum atomic E-state index is 14.3. The number of hydrogen-bond acceptors (Lipinski definition) is 10. The molecule has 6 atom stereocenters. The molecule has 474 valence electrons. The summed E-state index contributed by atoms with van der Waals surface area (Å²) < 4.78 is 29.2. The number of unbranched alkanes of at least 4 members (excludes halogenated alkanes) is 48. The third-order valence-electron chi connectivity index (χ3n) is 17.2. The predicted molar refractivity (Wildman–Crippen MR) is 335 cm³/mol. The van der Waals surface area contributed by atoms with Gasteiger partial charge < -0.3 is 30.6 Å². The summed E-state index contributed by atoms with van der Waals surface area (Å²) in [5, 5.41) is 72.3. The second kappa shape index (κ2) is 55.3. The van der Waals surface area contributed by atoms with Crippen LogP contribution in [0.4, 0.5) is 0 Å². The lowest BCUT2D eigenvalue weighted by Gasteiger charge is -2.43. The van der Waals surface area contributed by atoms with Crippen LogP contribution in [-0.4, -0.2) is 89.4 Å². The van der Waals surface area contributed by atoms with E-state index in [1.165, 1.54) is 103 Å². The Morgan fingerprint density at radius 3 is 0.588 bits per heavy atom. The molecule has 0 saturated heterocycles. The first-order valence-corrected chi connectivity index (χ1v) is 34.3. The lowest BCUT2D eigenvalue weighted by atomic mass is 9.71. The summed E-state index contributed by atoms with van der Waals surface area (Å²) in [4.78, 5) is 56.2. The summed E-state index contributed by atoms with van der Waals surface area (Å²) in [6.07, 6.45) is 39.7. The van der Waals surface area contributed by atoms with Crippen molar-refractivity contribution < 1.29 is 55.3 Å². The summed E-state index contributed by atoms with van der Waals surface area (Å²) in [5.74, 6) is -4.11. The first kappa shape index (κ1) is 70.9. The number of carbonyl (C=O) groups excluding carboxylic acids is 4. The fraction of sp³-hybridized carbons (Fsp3) is 0.943. The molecular weight excluding hydrogens is 1000 g/mol. The molecule has 2 unspecified atom stereocenters. The van der Waals surface area contributed by atoms with Crippen LogP contribution in [0, 0.1) is 0 Å². The van der Waals surface area contributed by atoms with Crippen molar-refractivity contribution >= 4 is 23.1 Å². The van der Waals surface area contributed by atoms with E-state index >= 15 is 0 Å². The number of carbonyl (C=O) groups is 4. The number of aliphatic hydroxyl groups is 6. The van der Waals surface area contributed by atoms with Crippen molar-refractivity contribution in [3.63, 3.8) is 0 Å². The summed E-state index contributed by atoms with van der Waals surface area (Å²) in [7, 11) is 0. The second-order valence-electron chi connectivity index (χ2n) is 24.5. The number of hydrogen-bond donors (Lipinski definition) is 6. The van der Waals surface area contributed by atoms with Crippen LogP contribution in [0.15, 0.2) is 0 Å². The van der Waals surface area contributed by atoms with Gasteiger partial charge in [-0.05, 0) is 25.7 Å². The van der Waals surface area contributed by atoms with Crippen molar-refractivity contribution in [2.24, 2.45) is 0 Å². The van der Waals surface area contributed by atoms with Crippen LogP contribution in [0.2, 0.25) is 0 Å². The molecule has 0 aromatic heterocycles. The number of ketones is 4. The molecule has 0 amide bonds. The van der Waals surface area contributed by atoms with Crippen LogP contribution < -0.4 is 0 Å². The van der Waals surface area contributed by atoms with Crippen molar-refractivity contribution in [1.29, 1.82) is 0 Å². The summed E-state index contributed by atoms with van der Waals surface area (Å²) in [6.45, 7) is 1.99. The monoisotopic (exact) mass is 1140 g/mol. The van der Waals surface area contributed by atoms with Crippen LogP contribution in [-0.2, 0) is 19.2 Å². The van der Waals surface area contributed by atoms with Crippen LogP contribution in [0.25, 0.3) is 0 Å². The fourth-order valence-corrected chi connectivity index (χ4v) is 11.6. The second-order valence-corrected chi connectivity index (χ2v) is 24.5. The quantitative estimate of drug-likeness (QED) is 0.0320. The minimum absolute atomic E-state index is 0.224. The minimum Gasteiger partial charge on any atom is -0.387 e. The van der Waals surface area contributed by atoms with Crippen LogP contribution in [0.3, 0.4) is 0 Å². The topological polar surface area (TPSA) is 190 Å². The normalized spacial score (nSPS) is 15.5. The molecule has 0 rings (SSSR count). The van der Waals surface area contributed by atoms with Crippen molar-refractivity contribution in [3.05, 3.63) is 0 Å². The zero-order chi connectivity index (χ0) is 62.0. The standard InChI is InChI=1S/C70H134O10/c1-5-9-13-17-21-25-29-33-37-41-45-49-53-57-61(71)65(75)69(79,63(73)59-55-51-47-43-39-35-31-27-23-19-15-11-7-3)67(77)68(78)70(80,64(74)60-56-52-48-44-40-36-32-28-24-20-16-12-8-4)66(76)62(72)58-54-50-46-42-38-34-30-26-22-18-14-10-6-2/h65-68,75-80H,5-60H2,1-4H3/t65?,66?,67-,68-,69+,70+/m0/s1/i1D,2D,3D,4D. The number of rotatable bonds is 65. The van der Waals surface area contributed by atoms with Gasteiger partial charge in [-0.3, -0.25) is 19.2 Å². The zero-order valence-electron chi connectivity index (χ0n) is 56.1. The van der Waals surface area contributed by atoms with E-state index < -0.39 is 58.8 Å². The van der Waals surface area contributed by atoms with Gasteiger partial charge in [0.05, 0.1) is 0 Å². The molecular formula is C70H134O10. The lowest BCUT2D eigenvalue weighted by Crippen LogP contribution is -2.71. The van der Waals surface area contributed by atoms with Gasteiger partial charge in [0.1, 0.15) is 12.2 Å². The molecule has 0 fully saturated rings. The third-order valence-corrected chi connectivity index (χ3v) is 17.2. The highest BCUT2D eigenvalue weighted by atomic mass is 16.4. The molecule has 0 saturated carbocycles. The van der Waals surface area contributed by atoms with E-state index in [1.807, 2.05) is 0 Å². The minimum atomic E-state index is -3.36. The molecule has 0 aliphatic carbocycles. The van der Waals surface area contributed by atoms with Gasteiger partial charge in [-0.1, -0.05) is 336 Å². The van der Waals surface area contributed by atoms with E-state index in [-0.39, 0.29) is 38.5 Å². The van der Waals surface area contributed by atoms with Crippen LogP contribution in [0.1, 0.15) is 393 Å². The molecule has 6 N–H and O–H groups in total. The summed E-state index contributed by atoms with van der Waals surface area (Å²) in [5.41, 5.74) is -6.72. The van der Waals surface area contributed by atoms with Gasteiger partial charge in [0.2, 0.25) is 0 Å². The molecule has 0 aromatic rings. The molecule has 0 spiro atoms. The average Bonchev–Trinajstić information content (AvgIpc) is 1.27. The Balaban J connectivity index is 6.03. The third kappa shape index (κ3) is 38.4. The molecule has 0 aliphatic heterocycles. The molecule has 10 heteroatoms. The Kier molecular flexibility index (Phi) is 49.0. The van der Waals surface area contributed by atoms with E-state index in [0.29, 0.717) is 66.1 Å². The Hall–Kier alpha value is -1.56. The van der Waals surface area contributed by atoms with Gasteiger partial charge in [-0.2, -0.15) is 0 Å². The van der Waals surface area contributed by atoms with Gasteiger partial charge in [0.25, 0.3) is 0 Å². The van der Waals surface area contributed by atoms with Gasteiger partial charge in [-0.15, -0.1) is 0 Å². The van der Waals surface area contributed by atoms with Gasteiger partial charge >= 0.3 is 0 Å². The van der Waals surface area contributed by atoms with E-state index in [1.54, 1.807) is 0 Å². The smallest absolute Gasteiger partial charge is 0.184 e. The Morgan fingerprint density at radius 2 is 0.412 bits per heavy atom.